The molecule has 1 aliphatic rings. The van der Waals surface area contributed by atoms with Gasteiger partial charge >= 0.3 is 6.03 Å². The van der Waals surface area contributed by atoms with Gasteiger partial charge in [-0.2, -0.15) is 0 Å². The van der Waals surface area contributed by atoms with Gasteiger partial charge in [0, 0.05) is 44.7 Å². The van der Waals surface area contributed by atoms with Crippen LogP contribution in [0, 0.1) is 0 Å². The highest BCUT2D eigenvalue weighted by molar-refractivity contribution is 5.85. The maximum Gasteiger partial charge on any atom is 0.320 e. The number of aromatic nitrogens is 1. The average Bonchev–Trinajstić information content (AvgIpc) is 2.62. The number of urea groups is 1. The molecule has 0 N–H and O–H groups in total. The van der Waals surface area contributed by atoms with E-state index in [2.05, 4.69) is 23.1 Å². The van der Waals surface area contributed by atoms with Crippen LogP contribution in [-0.4, -0.2) is 60.1 Å². The summed E-state index contributed by atoms with van der Waals surface area (Å²) in [6.45, 7) is 8.75. The molecule has 0 spiro atoms. The first kappa shape index (κ1) is 18.3. The van der Waals surface area contributed by atoms with Crippen LogP contribution < -0.4 is 4.90 Å². The van der Waals surface area contributed by atoms with Gasteiger partial charge < -0.3 is 14.7 Å². The Morgan fingerprint density at radius 3 is 2.38 bits per heavy atom. The van der Waals surface area contributed by atoms with E-state index in [4.69, 9.17) is 4.98 Å². The minimum absolute atomic E-state index is 0. The number of fused-ring (bicyclic) bond motifs is 1. The summed E-state index contributed by atoms with van der Waals surface area (Å²) >= 11 is 0. The molecule has 1 aromatic heterocycles. The van der Waals surface area contributed by atoms with E-state index in [0.29, 0.717) is 0 Å². The van der Waals surface area contributed by atoms with Crippen molar-refractivity contribution in [1.82, 2.24) is 14.8 Å². The predicted molar refractivity (Wildman–Crippen MR) is 101 cm³/mol. The summed E-state index contributed by atoms with van der Waals surface area (Å²) in [6.07, 6.45) is 0. The maximum absolute atomic E-state index is 12.4. The van der Waals surface area contributed by atoms with Gasteiger partial charge in [-0.05, 0) is 32.0 Å². The molecule has 24 heavy (non-hydrogen) atoms. The summed E-state index contributed by atoms with van der Waals surface area (Å²) < 4.78 is 0. The Bertz CT molecular complexity index is 682. The zero-order valence-corrected chi connectivity index (χ0v) is 15.1. The van der Waals surface area contributed by atoms with Crippen molar-refractivity contribution in [2.45, 2.75) is 13.8 Å². The third-order valence-corrected chi connectivity index (χ3v) is 4.49. The van der Waals surface area contributed by atoms with Gasteiger partial charge in [0.05, 0.1) is 5.52 Å². The summed E-state index contributed by atoms with van der Waals surface area (Å²) in [5.74, 6) is 0.999. The molecule has 6 heteroatoms. The highest BCUT2D eigenvalue weighted by atomic mass is 35.5. The number of halogens is 1. The SMILES string of the molecule is CCN(CC)C(=O)N1CCN(c2ccc3ccccc3n2)CC1.Cl. The minimum atomic E-state index is 0. The summed E-state index contributed by atoms with van der Waals surface area (Å²) in [5, 5.41) is 1.16. The fraction of sp³-hybridized carbons (Fsp3) is 0.444. The van der Waals surface area contributed by atoms with Crippen LogP contribution in [0.15, 0.2) is 36.4 Å². The van der Waals surface area contributed by atoms with Crippen molar-refractivity contribution in [2.24, 2.45) is 0 Å². The van der Waals surface area contributed by atoms with Crippen LogP contribution in [0.4, 0.5) is 10.6 Å². The van der Waals surface area contributed by atoms with E-state index in [1.807, 2.05) is 41.8 Å². The van der Waals surface area contributed by atoms with E-state index in [0.717, 1.165) is 56.0 Å². The van der Waals surface area contributed by atoms with E-state index in [1.54, 1.807) is 0 Å². The molecule has 0 radical (unpaired) electrons. The molecule has 2 heterocycles. The zero-order chi connectivity index (χ0) is 16.2. The number of para-hydroxylation sites is 1. The van der Waals surface area contributed by atoms with E-state index < -0.39 is 0 Å². The number of amides is 2. The van der Waals surface area contributed by atoms with Gasteiger partial charge in [-0.15, -0.1) is 12.4 Å². The second-order valence-corrected chi connectivity index (χ2v) is 5.79. The lowest BCUT2D eigenvalue weighted by Crippen LogP contribution is -2.53. The molecule has 1 aromatic carbocycles. The largest absolute Gasteiger partial charge is 0.353 e. The van der Waals surface area contributed by atoms with E-state index in [1.165, 1.54) is 0 Å². The summed E-state index contributed by atoms with van der Waals surface area (Å²) in [4.78, 5) is 23.2. The Labute approximate surface area is 149 Å². The van der Waals surface area contributed by atoms with Crippen LogP contribution in [0.2, 0.25) is 0 Å². The minimum Gasteiger partial charge on any atom is -0.353 e. The molecule has 0 saturated carbocycles. The van der Waals surface area contributed by atoms with Crippen LogP contribution in [-0.2, 0) is 0 Å². The molecule has 2 aromatic rings. The molecule has 0 aliphatic carbocycles. The van der Waals surface area contributed by atoms with Crippen molar-refractivity contribution in [3.8, 4) is 0 Å². The molecule has 5 nitrogen and oxygen atoms in total. The van der Waals surface area contributed by atoms with Gasteiger partial charge in [-0.25, -0.2) is 9.78 Å². The lowest BCUT2D eigenvalue weighted by Gasteiger charge is -2.37. The smallest absolute Gasteiger partial charge is 0.320 e. The number of carbonyl (C=O) groups is 1. The van der Waals surface area contributed by atoms with Crippen molar-refractivity contribution in [2.75, 3.05) is 44.2 Å². The number of benzene rings is 1. The highest BCUT2D eigenvalue weighted by Gasteiger charge is 2.24. The monoisotopic (exact) mass is 348 g/mol. The molecule has 3 rings (SSSR count). The summed E-state index contributed by atoms with van der Waals surface area (Å²) in [6, 6.07) is 12.5. The lowest BCUT2D eigenvalue weighted by atomic mass is 10.2. The molecule has 1 fully saturated rings. The van der Waals surface area contributed by atoms with E-state index >= 15 is 0 Å². The number of pyridine rings is 1. The molecular weight excluding hydrogens is 324 g/mol. The first-order valence-corrected chi connectivity index (χ1v) is 8.37. The van der Waals surface area contributed by atoms with Crippen LogP contribution in [0.25, 0.3) is 10.9 Å². The second kappa shape index (κ2) is 8.20. The first-order chi connectivity index (χ1) is 11.2. The highest BCUT2D eigenvalue weighted by Crippen LogP contribution is 2.19. The summed E-state index contributed by atoms with van der Waals surface area (Å²) in [7, 11) is 0. The molecule has 1 aliphatic heterocycles. The van der Waals surface area contributed by atoms with Gasteiger partial charge in [0.15, 0.2) is 0 Å². The lowest BCUT2D eigenvalue weighted by molar-refractivity contribution is 0.154. The molecule has 1 saturated heterocycles. The van der Waals surface area contributed by atoms with Crippen molar-refractivity contribution in [3.05, 3.63) is 36.4 Å². The number of piperazine rings is 1. The standard InChI is InChI=1S/C18H24N4O.ClH/c1-3-20(4-2)18(23)22-13-11-21(12-14-22)17-10-9-15-7-5-6-8-16(15)19-17;/h5-10H,3-4,11-14H2,1-2H3;1H. The van der Waals surface area contributed by atoms with E-state index in [-0.39, 0.29) is 18.4 Å². The Morgan fingerprint density at radius 1 is 1.04 bits per heavy atom. The van der Waals surface area contributed by atoms with Crippen molar-refractivity contribution >= 4 is 35.2 Å². The number of anilines is 1. The number of hydrogen-bond acceptors (Lipinski definition) is 3. The quantitative estimate of drug-likeness (QED) is 0.854. The Kier molecular flexibility index (Phi) is 6.26. The van der Waals surface area contributed by atoms with Crippen LogP contribution in [0.5, 0.6) is 0 Å². The van der Waals surface area contributed by atoms with Crippen LogP contribution in [0.1, 0.15) is 13.8 Å². The number of carbonyl (C=O) groups excluding carboxylic acids is 1. The third kappa shape index (κ3) is 3.73. The second-order valence-electron chi connectivity index (χ2n) is 5.79. The fourth-order valence-electron chi connectivity index (χ4n) is 3.05. The third-order valence-electron chi connectivity index (χ3n) is 4.49. The van der Waals surface area contributed by atoms with Crippen molar-refractivity contribution in [1.29, 1.82) is 0 Å². The predicted octanol–water partition coefficient (Wildman–Crippen LogP) is 3.24. The number of nitrogens with zero attached hydrogens (tertiary/aromatic N) is 4. The Balaban J connectivity index is 0.00000208. The van der Waals surface area contributed by atoms with Gasteiger partial charge in [-0.3, -0.25) is 0 Å². The normalized spacial score (nSPS) is 14.4. The van der Waals surface area contributed by atoms with Gasteiger partial charge in [-0.1, -0.05) is 18.2 Å². The van der Waals surface area contributed by atoms with Gasteiger partial charge in [0.2, 0.25) is 0 Å². The molecule has 0 atom stereocenters. The average molecular weight is 349 g/mol. The van der Waals surface area contributed by atoms with Crippen molar-refractivity contribution in [3.63, 3.8) is 0 Å². The number of rotatable bonds is 3. The maximum atomic E-state index is 12.4. The van der Waals surface area contributed by atoms with Crippen LogP contribution >= 0.6 is 12.4 Å². The molecule has 0 unspecified atom stereocenters. The topological polar surface area (TPSA) is 39.7 Å². The Hall–Kier alpha value is -2.01. The fourth-order valence-corrected chi connectivity index (χ4v) is 3.05. The molecule has 130 valence electrons. The first-order valence-electron chi connectivity index (χ1n) is 8.37. The van der Waals surface area contributed by atoms with Gasteiger partial charge in [0.25, 0.3) is 0 Å². The van der Waals surface area contributed by atoms with Crippen molar-refractivity contribution < 1.29 is 4.79 Å². The molecule has 0 bridgehead atoms. The van der Waals surface area contributed by atoms with E-state index in [9.17, 15) is 4.79 Å². The number of hydrogen-bond donors (Lipinski definition) is 0. The Morgan fingerprint density at radius 2 is 1.71 bits per heavy atom. The molecule has 2 amide bonds. The van der Waals surface area contributed by atoms with Gasteiger partial charge in [0.1, 0.15) is 5.82 Å². The summed E-state index contributed by atoms with van der Waals surface area (Å²) in [5.41, 5.74) is 1.02. The van der Waals surface area contributed by atoms with Crippen LogP contribution in [0.3, 0.4) is 0 Å². The zero-order valence-electron chi connectivity index (χ0n) is 14.3. The molecular formula is C18H25ClN4O.